The number of carbonyl (C=O) groups excluding carboxylic acids is 4. The molecule has 1 aliphatic rings. The van der Waals surface area contributed by atoms with Gasteiger partial charge in [0.2, 0.25) is 0 Å². The first kappa shape index (κ1) is 46.3. The summed E-state index contributed by atoms with van der Waals surface area (Å²) in [6.07, 6.45) is -2.13. The van der Waals surface area contributed by atoms with Crippen molar-refractivity contribution >= 4 is 45.8 Å². The quantitative estimate of drug-likeness (QED) is 0.121. The molecule has 0 aromatic heterocycles. The Morgan fingerprint density at radius 1 is 0.965 bits per heavy atom. The summed E-state index contributed by atoms with van der Waals surface area (Å²) in [4.78, 5) is 55.8. The van der Waals surface area contributed by atoms with Gasteiger partial charge in [-0.25, -0.2) is 27.8 Å². The van der Waals surface area contributed by atoms with E-state index in [9.17, 15) is 27.6 Å². The number of anilines is 2. The van der Waals surface area contributed by atoms with Crippen LogP contribution in [0, 0.1) is 5.82 Å². The molecule has 3 rings (SSSR count). The Bertz CT molecular complexity index is 1870. The normalized spacial score (nSPS) is 14.2. The van der Waals surface area contributed by atoms with Crippen molar-refractivity contribution in [3.8, 4) is 5.75 Å². The van der Waals surface area contributed by atoms with Gasteiger partial charge in [0.25, 0.3) is 0 Å². The largest absolute Gasteiger partial charge is 0.487 e. The first-order chi connectivity index (χ1) is 26.4. The zero-order chi connectivity index (χ0) is 42.9. The zero-order valence-corrected chi connectivity index (χ0v) is 35.1. The summed E-state index contributed by atoms with van der Waals surface area (Å²) in [5, 5.41) is 0. The van der Waals surface area contributed by atoms with E-state index in [0.29, 0.717) is 9.87 Å². The van der Waals surface area contributed by atoms with E-state index in [1.807, 2.05) is 0 Å². The Morgan fingerprint density at radius 3 is 2.14 bits per heavy atom. The number of hydrogen-bond acceptors (Lipinski definition) is 12. The second-order valence-electron chi connectivity index (χ2n) is 16.0. The van der Waals surface area contributed by atoms with Crippen LogP contribution in [0.15, 0.2) is 49.1 Å². The lowest BCUT2D eigenvalue weighted by Gasteiger charge is -2.33. The third-order valence-corrected chi connectivity index (χ3v) is 8.92. The summed E-state index contributed by atoms with van der Waals surface area (Å²) in [5.74, 6) is -2.73. The number of ether oxygens (including phenoxy) is 6. The van der Waals surface area contributed by atoms with E-state index in [1.165, 1.54) is 29.1 Å². The highest BCUT2D eigenvalue weighted by atomic mass is 32.2. The minimum absolute atomic E-state index is 0.0368. The molecule has 1 aliphatic heterocycles. The van der Waals surface area contributed by atoms with E-state index in [0.717, 1.165) is 0 Å². The third kappa shape index (κ3) is 13.8. The summed E-state index contributed by atoms with van der Waals surface area (Å²) in [5.41, 5.74) is -3.38. The lowest BCUT2D eigenvalue weighted by atomic mass is 10.1. The van der Waals surface area contributed by atoms with Gasteiger partial charge in [-0.05, 0) is 67.9 Å². The maximum absolute atomic E-state index is 17.5. The van der Waals surface area contributed by atoms with Crippen LogP contribution in [0.1, 0.15) is 73.4 Å². The molecule has 316 valence electrons. The smallest absolute Gasteiger partial charge is 0.422 e. The van der Waals surface area contributed by atoms with Gasteiger partial charge in [0, 0.05) is 38.2 Å². The average molecular weight is 823 g/mol. The van der Waals surface area contributed by atoms with Gasteiger partial charge >= 0.3 is 34.5 Å². The number of halogens is 1. The van der Waals surface area contributed by atoms with Crippen molar-refractivity contribution in [3.63, 3.8) is 0 Å². The molecule has 18 heteroatoms. The van der Waals surface area contributed by atoms with Gasteiger partial charge < -0.3 is 33.3 Å². The summed E-state index contributed by atoms with van der Waals surface area (Å²) in [6.45, 7) is 16.3. The van der Waals surface area contributed by atoms with Crippen LogP contribution in [-0.4, -0.2) is 100 Å². The van der Waals surface area contributed by atoms with Crippen molar-refractivity contribution in [2.75, 3.05) is 49.2 Å². The summed E-state index contributed by atoms with van der Waals surface area (Å²) in [6, 6.07) is 8.91. The minimum atomic E-state index is -5.16. The Balaban J connectivity index is 2.33. The predicted molar refractivity (Wildman–Crippen MR) is 210 cm³/mol. The number of nitrogens with zero attached hydrogens (tertiary/aromatic N) is 3. The molecular weight excluding hydrogens is 768 g/mol. The van der Waals surface area contributed by atoms with Crippen molar-refractivity contribution in [2.24, 2.45) is 0 Å². The maximum Gasteiger partial charge on any atom is 0.422 e. The summed E-state index contributed by atoms with van der Waals surface area (Å²) in [7, 11) is -3.71. The number of amides is 3. The number of nitrogens with one attached hydrogen (secondary N) is 1. The number of methoxy groups -OCH3 is 1. The summed E-state index contributed by atoms with van der Waals surface area (Å²) < 4.78 is 80.5. The average Bonchev–Trinajstić information content (AvgIpc) is 3.43. The molecule has 0 spiro atoms. The van der Waals surface area contributed by atoms with Crippen LogP contribution in [0.3, 0.4) is 0 Å². The fourth-order valence-corrected chi connectivity index (χ4v) is 6.56. The van der Waals surface area contributed by atoms with E-state index >= 15 is 4.39 Å². The van der Waals surface area contributed by atoms with Gasteiger partial charge in [-0.1, -0.05) is 43.0 Å². The van der Waals surface area contributed by atoms with Crippen LogP contribution < -0.4 is 18.7 Å². The Morgan fingerprint density at radius 2 is 1.58 bits per heavy atom. The molecule has 0 radical (unpaired) electrons. The van der Waals surface area contributed by atoms with Gasteiger partial charge in [-0.15, -0.1) is 0 Å². The topological polar surface area (TPSA) is 180 Å². The molecule has 2 aromatic carbocycles. The van der Waals surface area contributed by atoms with Crippen LogP contribution in [0.25, 0.3) is 0 Å². The van der Waals surface area contributed by atoms with Gasteiger partial charge in [-0.3, -0.25) is 9.69 Å². The lowest BCUT2D eigenvalue weighted by Crippen LogP contribution is -2.50. The van der Waals surface area contributed by atoms with E-state index in [-0.39, 0.29) is 50.6 Å². The molecule has 0 saturated carbocycles. The molecule has 57 heavy (non-hydrogen) atoms. The van der Waals surface area contributed by atoms with E-state index < -0.39 is 81.1 Å². The fraction of sp³-hybridized carbons (Fsp3) is 0.538. The molecular formula is C39H55FN4O12S. The summed E-state index contributed by atoms with van der Waals surface area (Å²) >= 11 is 0. The first-order valence-corrected chi connectivity index (χ1v) is 19.6. The second-order valence-corrected chi connectivity index (χ2v) is 17.6. The highest BCUT2D eigenvalue weighted by molar-refractivity contribution is 7.91. The number of fused-ring (bicyclic) bond motifs is 1. The number of carbonyl (C=O) groups is 4. The highest BCUT2D eigenvalue weighted by Gasteiger charge is 2.44. The predicted octanol–water partition coefficient (Wildman–Crippen LogP) is 6.26. The molecule has 1 N–H and O–H groups in total. The van der Waals surface area contributed by atoms with Crippen molar-refractivity contribution in [1.29, 1.82) is 0 Å². The standard InChI is InChI=1S/C39H55FN4O12S/c1-12-19-52-34(46)41-57(49,50)43(24-31(45)54-37(2,3)4)33-30(53-25-26-16-14-13-15-17-26)22-29-28(32(33)40)21-27(44(29)36(48)56-39(8,9)10)23-42(18-20-51-11)35(47)55-38(5,6)7/h12-17,22,27H,1,18-21,23-25H2,2-11H3,(H,41,46)/t27-/m1/s1. The number of esters is 1. The van der Waals surface area contributed by atoms with Crippen molar-refractivity contribution in [2.45, 2.75) is 98.2 Å². The number of benzene rings is 2. The number of hydrogen-bond donors (Lipinski definition) is 1. The monoisotopic (exact) mass is 822 g/mol. The molecule has 0 bridgehead atoms. The van der Waals surface area contributed by atoms with Gasteiger partial charge in [0.15, 0.2) is 5.82 Å². The van der Waals surface area contributed by atoms with E-state index in [2.05, 4.69) is 6.58 Å². The Labute approximate surface area is 334 Å². The minimum Gasteiger partial charge on any atom is -0.487 e. The van der Waals surface area contributed by atoms with Crippen molar-refractivity contribution < 1.29 is 60.4 Å². The fourth-order valence-electron chi connectivity index (χ4n) is 5.50. The van der Waals surface area contributed by atoms with Crippen LogP contribution in [0.4, 0.5) is 30.1 Å². The molecule has 0 saturated heterocycles. The van der Waals surface area contributed by atoms with Gasteiger partial charge in [-0.2, -0.15) is 8.42 Å². The highest BCUT2D eigenvalue weighted by Crippen LogP contribution is 2.46. The van der Waals surface area contributed by atoms with Crippen molar-refractivity contribution in [3.05, 3.63) is 66.0 Å². The lowest BCUT2D eigenvalue weighted by molar-refractivity contribution is -0.152. The van der Waals surface area contributed by atoms with Crippen molar-refractivity contribution in [1.82, 2.24) is 9.62 Å². The molecule has 0 fully saturated rings. The van der Waals surface area contributed by atoms with E-state index in [1.54, 1.807) is 97.4 Å². The Hall–Kier alpha value is -5.10. The maximum atomic E-state index is 17.5. The van der Waals surface area contributed by atoms with Crippen LogP contribution in [0.2, 0.25) is 0 Å². The van der Waals surface area contributed by atoms with Crippen LogP contribution in [0.5, 0.6) is 5.75 Å². The van der Waals surface area contributed by atoms with E-state index in [4.69, 9.17) is 28.4 Å². The molecule has 1 atom stereocenters. The van der Waals surface area contributed by atoms with Gasteiger partial charge in [0.1, 0.15) is 48.0 Å². The molecule has 16 nitrogen and oxygen atoms in total. The Kier molecular flexibility index (Phi) is 15.3. The molecule has 2 aromatic rings. The molecule has 0 aliphatic carbocycles. The molecule has 1 heterocycles. The van der Waals surface area contributed by atoms with Crippen LogP contribution >= 0.6 is 0 Å². The molecule has 0 unspecified atom stereocenters. The second kappa shape index (κ2) is 18.9. The third-order valence-electron chi connectivity index (χ3n) is 7.60. The first-order valence-electron chi connectivity index (χ1n) is 18.2. The number of rotatable bonds is 15. The zero-order valence-electron chi connectivity index (χ0n) is 34.3. The SMILES string of the molecule is C=CCOC(=O)NS(=O)(=O)N(CC(=O)OC(C)(C)C)c1c(OCc2ccccc2)cc2c(c1F)C[C@H](CN(CCOC)C(=O)OC(C)(C)C)N2C(=O)OC(C)(C)C. The van der Waals surface area contributed by atoms with Gasteiger partial charge in [0.05, 0.1) is 18.3 Å². The van der Waals surface area contributed by atoms with Crippen LogP contribution in [-0.2, 0) is 51.7 Å². The molecule has 3 amide bonds.